The van der Waals surface area contributed by atoms with Crippen LogP contribution < -0.4 is 4.74 Å². The Labute approximate surface area is 123 Å². The van der Waals surface area contributed by atoms with Crippen LogP contribution in [0, 0.1) is 0 Å². The summed E-state index contributed by atoms with van der Waals surface area (Å²) >= 11 is 5.78. The summed E-state index contributed by atoms with van der Waals surface area (Å²) in [5.74, 6) is 0.401. The fourth-order valence-corrected chi connectivity index (χ4v) is 1.96. The van der Waals surface area contributed by atoms with Gasteiger partial charge >= 0.3 is 5.97 Å². The summed E-state index contributed by atoms with van der Waals surface area (Å²) in [6.45, 7) is 0.230. The van der Waals surface area contributed by atoms with E-state index in [1.54, 1.807) is 12.1 Å². The van der Waals surface area contributed by atoms with Crippen LogP contribution in [0.4, 0.5) is 0 Å². The number of alkyl halides is 1. The van der Waals surface area contributed by atoms with Crippen LogP contribution in [0.25, 0.3) is 0 Å². The lowest BCUT2D eigenvalue weighted by Gasteiger charge is -2.10. The smallest absolute Gasteiger partial charge is 0.342 e. The highest BCUT2D eigenvalue weighted by molar-refractivity contribution is 6.17. The van der Waals surface area contributed by atoms with Gasteiger partial charge in [-0.1, -0.05) is 36.4 Å². The lowest BCUT2D eigenvalue weighted by atomic mass is 10.1. The Balaban J connectivity index is 2.12. The Morgan fingerprint density at radius 1 is 1.10 bits per heavy atom. The molecule has 2 aromatic carbocycles. The van der Waals surface area contributed by atoms with Crippen molar-refractivity contribution in [2.75, 3.05) is 7.11 Å². The molecule has 0 radical (unpaired) electrons. The normalized spacial score (nSPS) is 10.1. The number of hydrogen-bond donors (Lipinski definition) is 0. The van der Waals surface area contributed by atoms with Crippen LogP contribution in [0.3, 0.4) is 0 Å². The molecule has 0 saturated heterocycles. The lowest BCUT2D eigenvalue weighted by molar-refractivity contribution is 0.0469. The second kappa shape index (κ2) is 6.96. The van der Waals surface area contributed by atoms with Gasteiger partial charge < -0.3 is 9.47 Å². The average Bonchev–Trinajstić information content (AvgIpc) is 2.52. The minimum atomic E-state index is -0.419. The van der Waals surface area contributed by atoms with Gasteiger partial charge in [0.05, 0.1) is 7.11 Å². The van der Waals surface area contributed by atoms with Crippen LogP contribution in [0.1, 0.15) is 21.5 Å². The molecule has 0 N–H and O–H groups in total. The highest BCUT2D eigenvalue weighted by Gasteiger charge is 2.14. The fourth-order valence-electron chi connectivity index (χ4n) is 1.80. The van der Waals surface area contributed by atoms with Gasteiger partial charge in [-0.2, -0.15) is 0 Å². The first-order chi connectivity index (χ1) is 9.74. The molecule has 0 bridgehead atoms. The molecule has 0 heterocycles. The van der Waals surface area contributed by atoms with E-state index in [1.165, 1.54) is 7.11 Å². The van der Waals surface area contributed by atoms with E-state index in [0.29, 0.717) is 17.2 Å². The van der Waals surface area contributed by atoms with Gasteiger partial charge in [0.2, 0.25) is 0 Å². The maximum absolute atomic E-state index is 12.1. The molecule has 4 heteroatoms. The standard InChI is InChI=1S/C16H15ClO3/c1-19-15-8-7-13(10-17)9-14(15)16(18)20-11-12-5-3-2-4-6-12/h2-9H,10-11H2,1H3. The first-order valence-corrected chi connectivity index (χ1v) is 6.72. The number of esters is 1. The van der Waals surface area contributed by atoms with Crippen molar-refractivity contribution in [3.63, 3.8) is 0 Å². The predicted molar refractivity (Wildman–Crippen MR) is 78.1 cm³/mol. The summed E-state index contributed by atoms with van der Waals surface area (Å²) in [6.07, 6.45) is 0. The fraction of sp³-hybridized carbons (Fsp3) is 0.188. The second-order valence-electron chi connectivity index (χ2n) is 4.23. The van der Waals surface area contributed by atoms with Crippen molar-refractivity contribution in [1.29, 1.82) is 0 Å². The second-order valence-corrected chi connectivity index (χ2v) is 4.50. The Morgan fingerprint density at radius 3 is 2.50 bits per heavy atom. The van der Waals surface area contributed by atoms with Gasteiger partial charge in [0.15, 0.2) is 0 Å². The van der Waals surface area contributed by atoms with Crippen molar-refractivity contribution in [2.24, 2.45) is 0 Å². The highest BCUT2D eigenvalue weighted by Crippen LogP contribution is 2.22. The van der Waals surface area contributed by atoms with Gasteiger partial charge in [-0.15, -0.1) is 11.6 Å². The Morgan fingerprint density at radius 2 is 1.85 bits per heavy atom. The number of hydrogen-bond acceptors (Lipinski definition) is 3. The van der Waals surface area contributed by atoms with E-state index < -0.39 is 5.97 Å². The first-order valence-electron chi connectivity index (χ1n) is 6.18. The average molecular weight is 291 g/mol. The van der Waals surface area contributed by atoms with Crippen LogP contribution in [-0.2, 0) is 17.2 Å². The van der Waals surface area contributed by atoms with E-state index in [4.69, 9.17) is 21.1 Å². The minimum Gasteiger partial charge on any atom is -0.496 e. The predicted octanol–water partition coefficient (Wildman–Crippen LogP) is 3.79. The maximum atomic E-state index is 12.1. The maximum Gasteiger partial charge on any atom is 0.342 e. The molecule has 2 aromatic rings. The van der Waals surface area contributed by atoms with Crippen molar-refractivity contribution < 1.29 is 14.3 Å². The van der Waals surface area contributed by atoms with Crippen LogP contribution in [0.2, 0.25) is 0 Å². The number of carbonyl (C=O) groups is 1. The molecule has 0 aliphatic rings. The molecule has 0 aromatic heterocycles. The van der Waals surface area contributed by atoms with E-state index in [2.05, 4.69) is 0 Å². The van der Waals surface area contributed by atoms with E-state index in [-0.39, 0.29) is 6.61 Å². The Bertz CT molecular complexity index is 582. The summed E-state index contributed by atoms with van der Waals surface area (Å²) < 4.78 is 10.5. The summed E-state index contributed by atoms with van der Waals surface area (Å²) in [6, 6.07) is 14.8. The zero-order valence-electron chi connectivity index (χ0n) is 11.1. The molecule has 104 valence electrons. The molecule has 2 rings (SSSR count). The molecule has 3 nitrogen and oxygen atoms in total. The van der Waals surface area contributed by atoms with Crippen molar-refractivity contribution >= 4 is 17.6 Å². The van der Waals surface area contributed by atoms with Crippen molar-refractivity contribution in [2.45, 2.75) is 12.5 Å². The largest absolute Gasteiger partial charge is 0.496 e. The molecular weight excluding hydrogens is 276 g/mol. The molecule has 0 amide bonds. The zero-order valence-corrected chi connectivity index (χ0v) is 11.9. The Hall–Kier alpha value is -2.00. The molecule has 0 aliphatic carbocycles. The zero-order chi connectivity index (χ0) is 14.4. The monoisotopic (exact) mass is 290 g/mol. The first kappa shape index (κ1) is 14.4. The highest BCUT2D eigenvalue weighted by atomic mass is 35.5. The Kier molecular flexibility index (Phi) is 5.02. The summed E-state index contributed by atoms with van der Waals surface area (Å²) in [5, 5.41) is 0. The van der Waals surface area contributed by atoms with Crippen molar-refractivity contribution in [1.82, 2.24) is 0 Å². The summed E-state index contributed by atoms with van der Waals surface area (Å²) in [5.41, 5.74) is 2.18. The van der Waals surface area contributed by atoms with Crippen molar-refractivity contribution in [3.8, 4) is 5.75 Å². The summed E-state index contributed by atoms with van der Waals surface area (Å²) in [4.78, 5) is 12.1. The van der Waals surface area contributed by atoms with E-state index in [1.807, 2.05) is 36.4 Å². The topological polar surface area (TPSA) is 35.5 Å². The molecule has 0 atom stereocenters. The molecule has 0 aliphatic heterocycles. The van der Waals surface area contributed by atoms with E-state index in [0.717, 1.165) is 11.1 Å². The quantitative estimate of drug-likeness (QED) is 0.621. The van der Waals surface area contributed by atoms with Gasteiger partial charge in [-0.25, -0.2) is 4.79 Å². The molecule has 0 saturated carbocycles. The van der Waals surface area contributed by atoms with Crippen LogP contribution in [-0.4, -0.2) is 13.1 Å². The van der Waals surface area contributed by atoms with E-state index >= 15 is 0 Å². The molecular formula is C16H15ClO3. The number of carbonyl (C=O) groups excluding carboxylic acids is 1. The number of methoxy groups -OCH3 is 1. The van der Waals surface area contributed by atoms with Gasteiger partial charge in [0.25, 0.3) is 0 Å². The SMILES string of the molecule is COc1ccc(CCl)cc1C(=O)OCc1ccccc1. The van der Waals surface area contributed by atoms with Crippen LogP contribution in [0.15, 0.2) is 48.5 Å². The van der Waals surface area contributed by atoms with Gasteiger partial charge in [-0.05, 0) is 23.3 Å². The van der Waals surface area contributed by atoms with Crippen LogP contribution in [0.5, 0.6) is 5.75 Å². The lowest BCUT2D eigenvalue weighted by Crippen LogP contribution is -2.07. The number of halogens is 1. The van der Waals surface area contributed by atoms with Gasteiger partial charge in [0, 0.05) is 5.88 Å². The summed E-state index contributed by atoms with van der Waals surface area (Å²) in [7, 11) is 1.52. The third kappa shape index (κ3) is 3.52. The molecule has 20 heavy (non-hydrogen) atoms. The number of benzene rings is 2. The molecule has 0 unspecified atom stereocenters. The molecule has 0 fully saturated rings. The van der Waals surface area contributed by atoms with Crippen LogP contribution >= 0.6 is 11.6 Å². The minimum absolute atomic E-state index is 0.230. The number of rotatable bonds is 5. The van der Waals surface area contributed by atoms with E-state index in [9.17, 15) is 4.79 Å². The van der Waals surface area contributed by atoms with Gasteiger partial charge in [0.1, 0.15) is 17.9 Å². The van der Waals surface area contributed by atoms with Crippen molar-refractivity contribution in [3.05, 3.63) is 65.2 Å². The van der Waals surface area contributed by atoms with Gasteiger partial charge in [-0.3, -0.25) is 0 Å². The third-order valence-electron chi connectivity index (χ3n) is 2.85. The molecule has 0 spiro atoms. The third-order valence-corrected chi connectivity index (χ3v) is 3.16. The number of ether oxygens (including phenoxy) is 2.